The summed E-state index contributed by atoms with van der Waals surface area (Å²) in [5, 5.41) is 13.2. The summed E-state index contributed by atoms with van der Waals surface area (Å²) in [7, 11) is 3.39. The maximum Gasteiger partial charge on any atom is 0.274 e. The summed E-state index contributed by atoms with van der Waals surface area (Å²) >= 11 is 0. The molecule has 2 amide bonds. The molecule has 4 heterocycles. The van der Waals surface area contributed by atoms with Gasteiger partial charge in [0.25, 0.3) is 11.5 Å². The van der Waals surface area contributed by atoms with Crippen molar-refractivity contribution in [1.82, 2.24) is 29.4 Å². The molecule has 2 unspecified atom stereocenters. The first kappa shape index (κ1) is 20.9. The van der Waals surface area contributed by atoms with Crippen molar-refractivity contribution in [3.8, 4) is 0 Å². The number of pyridine rings is 1. The van der Waals surface area contributed by atoms with E-state index >= 15 is 0 Å². The number of aromatic nitrogens is 4. The third-order valence-corrected chi connectivity index (χ3v) is 5.98. The van der Waals surface area contributed by atoms with Gasteiger partial charge in [-0.3, -0.25) is 14.4 Å². The van der Waals surface area contributed by atoms with Crippen molar-refractivity contribution in [2.24, 2.45) is 0 Å². The normalized spacial score (nSPS) is 22.0. The van der Waals surface area contributed by atoms with Gasteiger partial charge in [0.1, 0.15) is 17.9 Å². The number of likely N-dealkylation sites (tertiary alicyclic amines) is 1. The quantitative estimate of drug-likeness (QED) is 0.506. The van der Waals surface area contributed by atoms with Crippen molar-refractivity contribution in [2.75, 3.05) is 31.3 Å². The van der Waals surface area contributed by atoms with E-state index in [2.05, 4.69) is 26.0 Å². The van der Waals surface area contributed by atoms with Crippen LogP contribution in [0.1, 0.15) is 29.4 Å². The number of carbonyl (C=O) groups excluding carboxylic acids is 2. The number of halogens is 1. The lowest BCUT2D eigenvalue weighted by atomic mass is 10.2. The molecule has 11 nitrogen and oxygen atoms in total. The average molecular weight is 454 g/mol. The smallest absolute Gasteiger partial charge is 0.274 e. The number of alkyl halides is 1. The zero-order chi connectivity index (χ0) is 23.3. The molecule has 3 atom stereocenters. The SMILES string of the molecule is CNc1cc(Nc2cccn(C3CC3F)c2=O)nn2c(C(=O)N[C@@H]3CCN(C)C3=O)cnc12. The van der Waals surface area contributed by atoms with Crippen molar-refractivity contribution in [3.05, 3.63) is 46.6 Å². The van der Waals surface area contributed by atoms with E-state index in [1.807, 2.05) is 0 Å². The van der Waals surface area contributed by atoms with E-state index in [9.17, 15) is 18.8 Å². The van der Waals surface area contributed by atoms with Crippen molar-refractivity contribution in [2.45, 2.75) is 31.1 Å². The number of anilines is 3. The van der Waals surface area contributed by atoms with Gasteiger partial charge >= 0.3 is 0 Å². The minimum absolute atomic E-state index is 0.144. The van der Waals surface area contributed by atoms with Crippen LogP contribution in [0, 0.1) is 0 Å². The topological polar surface area (TPSA) is 126 Å². The highest BCUT2D eigenvalue weighted by Crippen LogP contribution is 2.37. The molecule has 172 valence electrons. The number of likely N-dealkylation sites (N-methyl/N-ethyl adjacent to an activating group) is 1. The van der Waals surface area contributed by atoms with E-state index in [4.69, 9.17) is 0 Å². The van der Waals surface area contributed by atoms with Gasteiger partial charge in [0, 0.05) is 39.3 Å². The number of rotatable bonds is 6. The highest BCUT2D eigenvalue weighted by molar-refractivity contribution is 5.97. The Hall–Kier alpha value is -3.96. The molecule has 12 heteroatoms. The van der Waals surface area contributed by atoms with Crippen LogP contribution >= 0.6 is 0 Å². The van der Waals surface area contributed by atoms with Crippen LogP contribution in [-0.4, -0.2) is 68.7 Å². The van der Waals surface area contributed by atoms with E-state index < -0.39 is 24.2 Å². The van der Waals surface area contributed by atoms with Crippen LogP contribution in [0.15, 0.2) is 35.4 Å². The molecule has 0 bridgehead atoms. The molecule has 3 N–H and O–H groups in total. The number of amides is 2. The Kier molecular flexibility index (Phi) is 4.99. The van der Waals surface area contributed by atoms with Gasteiger partial charge in [-0.25, -0.2) is 13.9 Å². The highest BCUT2D eigenvalue weighted by Gasteiger charge is 2.40. The molecule has 0 radical (unpaired) electrons. The summed E-state index contributed by atoms with van der Waals surface area (Å²) < 4.78 is 16.2. The van der Waals surface area contributed by atoms with Crippen LogP contribution < -0.4 is 21.5 Å². The van der Waals surface area contributed by atoms with Gasteiger partial charge in [0.05, 0.1) is 17.9 Å². The highest BCUT2D eigenvalue weighted by atomic mass is 19.1. The number of nitrogens with zero attached hydrogens (tertiary/aromatic N) is 5. The van der Waals surface area contributed by atoms with Crippen LogP contribution in [0.25, 0.3) is 5.65 Å². The molecule has 1 saturated carbocycles. The van der Waals surface area contributed by atoms with Crippen molar-refractivity contribution >= 4 is 34.7 Å². The third-order valence-electron chi connectivity index (χ3n) is 5.98. The summed E-state index contributed by atoms with van der Waals surface area (Å²) in [6.07, 6.45) is 2.79. The summed E-state index contributed by atoms with van der Waals surface area (Å²) in [5.74, 6) is -0.333. The van der Waals surface area contributed by atoms with Crippen LogP contribution in [-0.2, 0) is 4.79 Å². The van der Waals surface area contributed by atoms with Crippen LogP contribution in [0.3, 0.4) is 0 Å². The number of imidazole rings is 1. The summed E-state index contributed by atoms with van der Waals surface area (Å²) in [6, 6.07) is 3.87. The van der Waals surface area contributed by atoms with Gasteiger partial charge in [-0.15, -0.1) is 5.10 Å². The van der Waals surface area contributed by atoms with Crippen LogP contribution in [0.4, 0.5) is 21.6 Å². The standard InChI is InChI=1S/C21H23FN8O3/c1-23-14-9-17(25-12-4-3-6-29(21(12)33)15-8-11(15)22)27-30-16(10-24-18(14)30)19(31)26-13-5-7-28(2)20(13)32/h3-4,6,9-11,13,15,23H,5,7-8H2,1-2H3,(H,25,27)(H,26,31)/t11?,13-,15?/m1/s1. The lowest BCUT2D eigenvalue weighted by Gasteiger charge is -2.13. The molecule has 2 fully saturated rings. The zero-order valence-corrected chi connectivity index (χ0v) is 18.1. The Morgan fingerprint density at radius 2 is 2.06 bits per heavy atom. The molecule has 1 aliphatic heterocycles. The number of hydrogen-bond acceptors (Lipinski definition) is 7. The fraction of sp³-hybridized carbons (Fsp3) is 0.381. The Morgan fingerprint density at radius 3 is 2.73 bits per heavy atom. The van der Waals surface area contributed by atoms with E-state index in [1.54, 1.807) is 43.4 Å². The lowest BCUT2D eigenvalue weighted by molar-refractivity contribution is -0.128. The van der Waals surface area contributed by atoms with Gasteiger partial charge < -0.3 is 25.4 Å². The first-order valence-corrected chi connectivity index (χ1v) is 10.6. The molecule has 0 aromatic carbocycles. The second kappa shape index (κ2) is 7.87. The molecule has 3 aromatic heterocycles. The second-order valence-corrected chi connectivity index (χ2v) is 8.22. The van der Waals surface area contributed by atoms with E-state index in [1.165, 1.54) is 15.3 Å². The number of hydrogen-bond donors (Lipinski definition) is 3. The minimum atomic E-state index is -1.01. The monoisotopic (exact) mass is 454 g/mol. The third kappa shape index (κ3) is 3.66. The Bertz CT molecular complexity index is 1320. The van der Waals surface area contributed by atoms with E-state index in [0.29, 0.717) is 30.7 Å². The van der Waals surface area contributed by atoms with Crippen molar-refractivity contribution in [1.29, 1.82) is 0 Å². The molecule has 33 heavy (non-hydrogen) atoms. The average Bonchev–Trinajstić information content (AvgIpc) is 3.23. The largest absolute Gasteiger partial charge is 0.385 e. The molecule has 3 aromatic rings. The van der Waals surface area contributed by atoms with E-state index in [0.717, 1.165) is 0 Å². The Balaban J connectivity index is 1.47. The maximum absolute atomic E-state index is 13.5. The van der Waals surface area contributed by atoms with E-state index in [-0.39, 0.29) is 28.7 Å². The van der Waals surface area contributed by atoms with Gasteiger partial charge in [0.15, 0.2) is 17.2 Å². The molecular formula is C21H23FN8O3. The lowest BCUT2D eigenvalue weighted by Crippen LogP contribution is -2.41. The predicted molar refractivity (Wildman–Crippen MR) is 119 cm³/mol. The fourth-order valence-electron chi connectivity index (χ4n) is 4.00. The molecule has 5 rings (SSSR count). The fourth-order valence-corrected chi connectivity index (χ4v) is 4.00. The van der Waals surface area contributed by atoms with Gasteiger partial charge in [-0.1, -0.05) is 0 Å². The predicted octanol–water partition coefficient (Wildman–Crippen LogP) is 0.920. The van der Waals surface area contributed by atoms with Gasteiger partial charge in [0.2, 0.25) is 5.91 Å². The summed E-state index contributed by atoms with van der Waals surface area (Å²) in [6.45, 7) is 0.575. The van der Waals surface area contributed by atoms with Crippen molar-refractivity contribution < 1.29 is 14.0 Å². The molecular weight excluding hydrogens is 431 g/mol. The van der Waals surface area contributed by atoms with Crippen LogP contribution in [0.5, 0.6) is 0 Å². The number of nitrogens with one attached hydrogen (secondary N) is 3. The summed E-state index contributed by atoms with van der Waals surface area (Å²) in [4.78, 5) is 43.7. The van der Waals surface area contributed by atoms with Gasteiger partial charge in [-0.05, 0) is 18.6 Å². The summed E-state index contributed by atoms with van der Waals surface area (Å²) in [5.41, 5.74) is 1.01. The van der Waals surface area contributed by atoms with Crippen molar-refractivity contribution in [3.63, 3.8) is 0 Å². The maximum atomic E-state index is 13.5. The minimum Gasteiger partial charge on any atom is -0.385 e. The first-order chi connectivity index (χ1) is 15.9. The second-order valence-electron chi connectivity index (χ2n) is 8.22. The molecule has 2 aliphatic rings. The number of fused-ring (bicyclic) bond motifs is 1. The van der Waals surface area contributed by atoms with Crippen LogP contribution in [0.2, 0.25) is 0 Å². The zero-order valence-electron chi connectivity index (χ0n) is 18.1. The number of carbonyl (C=O) groups is 2. The first-order valence-electron chi connectivity index (χ1n) is 10.6. The molecule has 1 saturated heterocycles. The molecule has 0 spiro atoms. The Morgan fingerprint density at radius 1 is 1.27 bits per heavy atom. The molecule has 1 aliphatic carbocycles. The van der Waals surface area contributed by atoms with Gasteiger partial charge in [-0.2, -0.15) is 0 Å². The Labute approximate surface area is 187 Å².